The number of ether oxygens (including phenoxy) is 2. The van der Waals surface area contributed by atoms with Crippen molar-refractivity contribution in [3.8, 4) is 11.5 Å². The molecule has 0 radical (unpaired) electrons. The highest BCUT2D eigenvalue weighted by molar-refractivity contribution is 6.46. The number of Topliss-reactive ketones (excluding diaryl/α,β-unsaturated/α-hetero) is 1. The van der Waals surface area contributed by atoms with Crippen molar-refractivity contribution in [3.05, 3.63) is 77.9 Å². The Bertz CT molecular complexity index is 1060. The van der Waals surface area contributed by atoms with Crippen LogP contribution in [-0.2, 0) is 9.59 Å². The number of carbonyl (C=O) groups is 2. The Morgan fingerprint density at radius 2 is 1.85 bits per heavy atom. The number of nitrogens with zero attached hydrogens (tertiary/aromatic N) is 1. The summed E-state index contributed by atoms with van der Waals surface area (Å²) in [4.78, 5) is 28.9. The molecule has 180 valence electrons. The van der Waals surface area contributed by atoms with E-state index in [0.29, 0.717) is 48.8 Å². The summed E-state index contributed by atoms with van der Waals surface area (Å²) in [5.41, 5.74) is 0.961. The second-order valence-electron chi connectivity index (χ2n) is 8.41. The number of benzene rings is 2. The van der Waals surface area contributed by atoms with Gasteiger partial charge in [-0.1, -0.05) is 42.7 Å². The standard InChI is InChI=1S/C27H32N2O5/c1-5-17-34-22-10-7-9-20(18-22)24-23(25(30)19-11-13-21(14-12-19)33-6-2)26(31)27(32)29(24)16-8-15-28(3)4/h5,7,9-14,18,24,30H,1,6,8,15-17H2,2-4H3/b25-23+. The predicted octanol–water partition coefficient (Wildman–Crippen LogP) is 1.41. The van der Waals surface area contributed by atoms with E-state index in [1.165, 1.54) is 9.80 Å². The molecule has 3 rings (SSSR count). The Labute approximate surface area is 200 Å². The van der Waals surface area contributed by atoms with Crippen LogP contribution in [0.15, 0.2) is 66.8 Å². The third kappa shape index (κ3) is 5.66. The Morgan fingerprint density at radius 3 is 2.50 bits per heavy atom. The van der Waals surface area contributed by atoms with Crippen LogP contribution in [0, 0.1) is 0 Å². The van der Waals surface area contributed by atoms with Crippen molar-refractivity contribution in [2.75, 3.05) is 40.4 Å². The van der Waals surface area contributed by atoms with Crippen molar-refractivity contribution >= 4 is 17.4 Å². The third-order valence-electron chi connectivity index (χ3n) is 5.57. The number of hydrogen-bond acceptors (Lipinski definition) is 5. The first-order valence-corrected chi connectivity index (χ1v) is 11.5. The molecule has 1 atom stereocenters. The minimum atomic E-state index is -0.775. The van der Waals surface area contributed by atoms with E-state index in [-0.39, 0.29) is 5.57 Å². The van der Waals surface area contributed by atoms with Gasteiger partial charge < -0.3 is 24.4 Å². The van der Waals surface area contributed by atoms with E-state index in [2.05, 4.69) is 6.58 Å². The lowest BCUT2D eigenvalue weighted by atomic mass is 9.95. The van der Waals surface area contributed by atoms with Crippen LogP contribution >= 0.6 is 0 Å². The smallest absolute Gasteiger partial charge is 0.295 e. The number of carbonyl (C=O) groups excluding carboxylic acids is 2. The van der Waals surface area contributed by atoms with Crippen LogP contribution in [0.5, 0.6) is 11.5 Å². The van der Waals surface area contributed by atoms with Gasteiger partial charge in [-0.3, -0.25) is 9.59 Å². The topological polar surface area (TPSA) is 83.3 Å². The van der Waals surface area contributed by atoms with Crippen molar-refractivity contribution in [2.45, 2.75) is 19.4 Å². The molecule has 1 saturated heterocycles. The Kier molecular flexibility index (Phi) is 8.49. The monoisotopic (exact) mass is 464 g/mol. The highest BCUT2D eigenvalue weighted by Gasteiger charge is 2.44. The highest BCUT2D eigenvalue weighted by Crippen LogP contribution is 2.39. The zero-order chi connectivity index (χ0) is 24.7. The van der Waals surface area contributed by atoms with Crippen molar-refractivity contribution < 1.29 is 29.1 Å². The number of rotatable bonds is 11. The van der Waals surface area contributed by atoms with Crippen LogP contribution in [-0.4, -0.2) is 57.0 Å². The number of ketones is 1. The largest absolute Gasteiger partial charge is 0.872 e. The summed E-state index contributed by atoms with van der Waals surface area (Å²) in [5.74, 6) is -0.641. The van der Waals surface area contributed by atoms with Crippen LogP contribution in [0.25, 0.3) is 5.76 Å². The van der Waals surface area contributed by atoms with Gasteiger partial charge in [0.25, 0.3) is 5.91 Å². The van der Waals surface area contributed by atoms with E-state index in [4.69, 9.17) is 9.47 Å². The molecule has 1 heterocycles. The number of likely N-dealkylation sites (tertiary alicyclic amines) is 1. The van der Waals surface area contributed by atoms with E-state index in [1.807, 2.05) is 27.1 Å². The fourth-order valence-electron chi connectivity index (χ4n) is 4.00. The molecule has 7 heteroatoms. The fraction of sp³-hybridized carbons (Fsp3) is 0.333. The molecule has 2 aromatic rings. The molecule has 1 unspecified atom stereocenters. The lowest BCUT2D eigenvalue weighted by Gasteiger charge is -2.28. The zero-order valence-corrected chi connectivity index (χ0v) is 20.0. The summed E-state index contributed by atoms with van der Waals surface area (Å²) >= 11 is 0. The molecule has 0 aliphatic carbocycles. The van der Waals surface area contributed by atoms with Crippen LogP contribution < -0.4 is 19.5 Å². The molecule has 2 aromatic carbocycles. The quantitative estimate of drug-likeness (QED) is 0.235. The van der Waals surface area contributed by atoms with Gasteiger partial charge >= 0.3 is 0 Å². The summed E-state index contributed by atoms with van der Waals surface area (Å²) in [6.07, 6.45) is 2.34. The van der Waals surface area contributed by atoms with Gasteiger partial charge in [0.1, 0.15) is 18.1 Å². The number of amides is 1. The van der Waals surface area contributed by atoms with Gasteiger partial charge in [0.15, 0.2) is 0 Å². The first-order chi connectivity index (χ1) is 16.4. The Morgan fingerprint density at radius 1 is 1.12 bits per heavy atom. The van der Waals surface area contributed by atoms with Crippen LogP contribution in [0.1, 0.15) is 30.5 Å². The lowest BCUT2D eigenvalue weighted by molar-refractivity contribution is -0.858. The fourth-order valence-corrected chi connectivity index (χ4v) is 4.00. The molecule has 1 fully saturated rings. The van der Waals surface area contributed by atoms with E-state index in [0.717, 1.165) is 6.54 Å². The van der Waals surface area contributed by atoms with E-state index < -0.39 is 23.5 Å². The maximum Gasteiger partial charge on any atom is 0.295 e. The summed E-state index contributed by atoms with van der Waals surface area (Å²) < 4.78 is 11.1. The van der Waals surface area contributed by atoms with Gasteiger partial charge in [0.2, 0.25) is 5.78 Å². The normalized spacial score (nSPS) is 17.3. The molecule has 0 bridgehead atoms. The predicted molar refractivity (Wildman–Crippen MR) is 128 cm³/mol. The molecule has 0 aromatic heterocycles. The lowest BCUT2D eigenvalue weighted by Crippen LogP contribution is -3.05. The van der Waals surface area contributed by atoms with Crippen LogP contribution in [0.2, 0.25) is 0 Å². The summed E-state index contributed by atoms with van der Waals surface area (Å²) in [6.45, 7) is 7.57. The van der Waals surface area contributed by atoms with Gasteiger partial charge in [-0.25, -0.2) is 0 Å². The molecule has 1 N–H and O–H groups in total. The van der Waals surface area contributed by atoms with Gasteiger partial charge in [-0.05, 0) is 42.3 Å². The second-order valence-corrected chi connectivity index (χ2v) is 8.41. The SMILES string of the molecule is C=CCOc1cccc(C2/C(=C(\[O-])c3ccc(OCC)cc3)C(=O)C(=O)N2CCC[NH+](C)C)c1. The average molecular weight is 465 g/mol. The van der Waals surface area contributed by atoms with Crippen LogP contribution in [0.3, 0.4) is 0 Å². The van der Waals surface area contributed by atoms with Crippen molar-refractivity contribution in [1.29, 1.82) is 0 Å². The average Bonchev–Trinajstić information content (AvgIpc) is 3.08. The molecule has 0 saturated carbocycles. The molecule has 1 aliphatic rings. The second kappa shape index (κ2) is 11.5. The minimum Gasteiger partial charge on any atom is -0.872 e. The molecular weight excluding hydrogens is 432 g/mol. The van der Waals surface area contributed by atoms with E-state index in [9.17, 15) is 14.7 Å². The van der Waals surface area contributed by atoms with Crippen LogP contribution in [0.4, 0.5) is 0 Å². The summed E-state index contributed by atoms with van der Waals surface area (Å²) in [6, 6.07) is 13.0. The van der Waals surface area contributed by atoms with Crippen molar-refractivity contribution in [2.24, 2.45) is 0 Å². The van der Waals surface area contributed by atoms with Gasteiger partial charge in [0.05, 0.1) is 33.3 Å². The van der Waals surface area contributed by atoms with Gasteiger partial charge in [-0.2, -0.15) is 0 Å². The highest BCUT2D eigenvalue weighted by atomic mass is 16.5. The third-order valence-corrected chi connectivity index (χ3v) is 5.57. The number of nitrogens with one attached hydrogen (secondary N) is 1. The van der Waals surface area contributed by atoms with E-state index >= 15 is 0 Å². The maximum atomic E-state index is 13.5. The molecular formula is C27H32N2O5. The molecule has 34 heavy (non-hydrogen) atoms. The van der Waals surface area contributed by atoms with Gasteiger partial charge in [-0.15, -0.1) is 0 Å². The number of quaternary nitrogens is 1. The Hall–Kier alpha value is -3.58. The van der Waals surface area contributed by atoms with Crippen molar-refractivity contribution in [3.63, 3.8) is 0 Å². The summed E-state index contributed by atoms with van der Waals surface area (Å²) in [5, 5.41) is 13.5. The number of hydrogen-bond donors (Lipinski definition) is 1. The molecule has 1 amide bonds. The maximum absolute atomic E-state index is 13.5. The molecule has 7 nitrogen and oxygen atoms in total. The van der Waals surface area contributed by atoms with Gasteiger partial charge in [0, 0.05) is 18.5 Å². The first kappa shape index (κ1) is 25.1. The van der Waals surface area contributed by atoms with E-state index in [1.54, 1.807) is 48.5 Å². The minimum absolute atomic E-state index is 0.0350. The molecule has 0 spiro atoms. The Balaban J connectivity index is 2.06. The summed E-state index contributed by atoms with van der Waals surface area (Å²) in [7, 11) is 4.06. The zero-order valence-electron chi connectivity index (χ0n) is 20.0. The first-order valence-electron chi connectivity index (χ1n) is 11.5. The molecule has 1 aliphatic heterocycles. The van der Waals surface area contributed by atoms with Crippen molar-refractivity contribution in [1.82, 2.24) is 4.90 Å².